The third kappa shape index (κ3) is 6.38. The Labute approximate surface area is 139 Å². The molecule has 1 aliphatic rings. The van der Waals surface area contributed by atoms with Crippen LogP contribution in [0, 0.1) is 0 Å². The lowest BCUT2D eigenvalue weighted by molar-refractivity contribution is 0.0530. The zero-order chi connectivity index (χ0) is 16.7. The highest BCUT2D eigenvalue weighted by molar-refractivity contribution is 5.67. The number of carbonyl (C=O) groups is 1. The van der Waals surface area contributed by atoms with Gasteiger partial charge in [0.15, 0.2) is 0 Å². The van der Waals surface area contributed by atoms with Crippen molar-refractivity contribution < 1.29 is 9.53 Å². The van der Waals surface area contributed by atoms with Crippen molar-refractivity contribution >= 4 is 17.5 Å². The average Bonchev–Trinajstić information content (AvgIpc) is 2.51. The number of hydrogen-bond donors (Lipinski definition) is 2. The quantitative estimate of drug-likeness (QED) is 0.814. The van der Waals surface area contributed by atoms with E-state index in [9.17, 15) is 4.79 Å². The van der Waals surface area contributed by atoms with Gasteiger partial charge in [-0.05, 0) is 64.3 Å². The fourth-order valence-corrected chi connectivity index (χ4v) is 2.63. The van der Waals surface area contributed by atoms with Gasteiger partial charge in [-0.2, -0.15) is 0 Å². The van der Waals surface area contributed by atoms with Crippen molar-refractivity contribution in [2.75, 3.05) is 36.4 Å². The predicted molar refractivity (Wildman–Crippen MR) is 95.2 cm³/mol. The van der Waals surface area contributed by atoms with E-state index in [-0.39, 0.29) is 6.09 Å². The number of nitrogens with one attached hydrogen (secondary N) is 2. The first-order chi connectivity index (χ1) is 10.9. The van der Waals surface area contributed by atoms with Crippen LogP contribution in [0.15, 0.2) is 24.3 Å². The van der Waals surface area contributed by atoms with E-state index in [0.717, 1.165) is 18.8 Å². The first kappa shape index (κ1) is 17.4. The largest absolute Gasteiger partial charge is 0.444 e. The summed E-state index contributed by atoms with van der Waals surface area (Å²) in [6.45, 7) is 9.09. The third-order valence-corrected chi connectivity index (χ3v) is 3.71. The molecule has 0 atom stereocenters. The highest BCUT2D eigenvalue weighted by Crippen LogP contribution is 2.21. The maximum absolute atomic E-state index is 11.5. The lowest BCUT2D eigenvalue weighted by atomic mass is 10.1. The summed E-state index contributed by atoms with van der Waals surface area (Å²) in [7, 11) is 0. The van der Waals surface area contributed by atoms with Crippen molar-refractivity contribution in [2.24, 2.45) is 0 Å². The van der Waals surface area contributed by atoms with E-state index in [2.05, 4.69) is 39.8 Å². The molecule has 0 spiro atoms. The molecule has 2 rings (SSSR count). The van der Waals surface area contributed by atoms with Crippen LogP contribution >= 0.6 is 0 Å². The summed E-state index contributed by atoms with van der Waals surface area (Å²) in [6, 6.07) is 8.51. The van der Waals surface area contributed by atoms with E-state index in [4.69, 9.17) is 4.74 Å². The molecule has 0 radical (unpaired) electrons. The van der Waals surface area contributed by atoms with Crippen LogP contribution in [-0.2, 0) is 4.74 Å². The number of rotatable bonds is 5. The second-order valence-electron chi connectivity index (χ2n) is 6.95. The molecule has 5 nitrogen and oxygen atoms in total. The van der Waals surface area contributed by atoms with Crippen LogP contribution in [0.25, 0.3) is 0 Å². The Morgan fingerprint density at radius 2 is 1.74 bits per heavy atom. The van der Waals surface area contributed by atoms with Crippen LogP contribution in [0.5, 0.6) is 0 Å². The number of alkyl carbamates (subject to hydrolysis) is 1. The maximum atomic E-state index is 11.5. The van der Waals surface area contributed by atoms with Crippen LogP contribution < -0.4 is 15.5 Å². The molecule has 1 aromatic rings. The number of nitrogens with zero attached hydrogens (tertiary/aromatic N) is 1. The smallest absolute Gasteiger partial charge is 0.407 e. The maximum Gasteiger partial charge on any atom is 0.407 e. The molecular formula is C18H29N3O2. The molecule has 0 aliphatic carbocycles. The van der Waals surface area contributed by atoms with Gasteiger partial charge >= 0.3 is 6.09 Å². The molecule has 128 valence electrons. The lowest BCUT2D eigenvalue weighted by Crippen LogP contribution is -2.35. The molecule has 5 heteroatoms. The van der Waals surface area contributed by atoms with Gasteiger partial charge in [0.05, 0.1) is 0 Å². The van der Waals surface area contributed by atoms with E-state index < -0.39 is 5.60 Å². The normalized spacial score (nSPS) is 15.2. The molecule has 1 heterocycles. The summed E-state index contributed by atoms with van der Waals surface area (Å²) < 4.78 is 5.19. The first-order valence-electron chi connectivity index (χ1n) is 8.50. The summed E-state index contributed by atoms with van der Waals surface area (Å²) in [5.74, 6) is 0. The zero-order valence-electron chi connectivity index (χ0n) is 14.5. The van der Waals surface area contributed by atoms with E-state index in [1.165, 1.54) is 24.9 Å². The number of ether oxygens (including phenoxy) is 1. The molecule has 2 N–H and O–H groups in total. The van der Waals surface area contributed by atoms with Gasteiger partial charge in [0.25, 0.3) is 0 Å². The van der Waals surface area contributed by atoms with Crippen LogP contribution in [0.2, 0.25) is 0 Å². The van der Waals surface area contributed by atoms with Gasteiger partial charge in [-0.25, -0.2) is 4.79 Å². The summed E-state index contributed by atoms with van der Waals surface area (Å²) in [5, 5.41) is 6.04. The van der Waals surface area contributed by atoms with Crippen molar-refractivity contribution in [3.8, 4) is 0 Å². The Hall–Kier alpha value is -1.91. The van der Waals surface area contributed by atoms with Gasteiger partial charge in [0.2, 0.25) is 0 Å². The Bertz CT molecular complexity index is 488. The monoisotopic (exact) mass is 319 g/mol. The molecular weight excluding hydrogens is 290 g/mol. The molecule has 1 aromatic carbocycles. The Morgan fingerprint density at radius 3 is 2.35 bits per heavy atom. The van der Waals surface area contributed by atoms with E-state index in [0.29, 0.717) is 13.1 Å². The molecule has 1 fully saturated rings. The fraction of sp³-hybridized carbons (Fsp3) is 0.611. The van der Waals surface area contributed by atoms with Crippen molar-refractivity contribution in [1.82, 2.24) is 5.32 Å². The van der Waals surface area contributed by atoms with Crippen molar-refractivity contribution in [1.29, 1.82) is 0 Å². The highest BCUT2D eigenvalue weighted by Gasteiger charge is 2.15. The zero-order valence-corrected chi connectivity index (χ0v) is 14.5. The van der Waals surface area contributed by atoms with E-state index >= 15 is 0 Å². The summed E-state index contributed by atoms with van der Waals surface area (Å²) >= 11 is 0. The van der Waals surface area contributed by atoms with Crippen molar-refractivity contribution in [2.45, 2.75) is 45.6 Å². The minimum atomic E-state index is -0.457. The van der Waals surface area contributed by atoms with Crippen LogP contribution in [-0.4, -0.2) is 37.9 Å². The first-order valence-corrected chi connectivity index (χ1v) is 8.50. The molecule has 0 bridgehead atoms. The minimum Gasteiger partial charge on any atom is -0.444 e. The van der Waals surface area contributed by atoms with E-state index in [1.54, 1.807) is 0 Å². The highest BCUT2D eigenvalue weighted by atomic mass is 16.6. The Kier molecular flexibility index (Phi) is 6.13. The topological polar surface area (TPSA) is 53.6 Å². The van der Waals surface area contributed by atoms with Gasteiger partial charge in [-0.1, -0.05) is 0 Å². The van der Waals surface area contributed by atoms with E-state index in [1.807, 2.05) is 20.8 Å². The summed E-state index contributed by atoms with van der Waals surface area (Å²) in [4.78, 5) is 14.0. The third-order valence-electron chi connectivity index (χ3n) is 3.71. The molecule has 23 heavy (non-hydrogen) atoms. The molecule has 0 unspecified atom stereocenters. The Balaban J connectivity index is 1.69. The molecule has 0 aromatic heterocycles. The second kappa shape index (κ2) is 8.09. The summed E-state index contributed by atoms with van der Waals surface area (Å²) in [5.41, 5.74) is 1.90. The minimum absolute atomic E-state index is 0.375. The number of hydrogen-bond acceptors (Lipinski definition) is 4. The van der Waals surface area contributed by atoms with Gasteiger partial charge < -0.3 is 20.3 Å². The predicted octanol–water partition coefficient (Wildman–Crippen LogP) is 3.61. The van der Waals surface area contributed by atoms with Gasteiger partial charge in [-0.3, -0.25) is 0 Å². The number of amides is 1. The lowest BCUT2D eigenvalue weighted by Gasteiger charge is -2.28. The summed E-state index contributed by atoms with van der Waals surface area (Å²) in [6.07, 6.45) is 3.55. The van der Waals surface area contributed by atoms with Crippen molar-refractivity contribution in [3.63, 3.8) is 0 Å². The molecule has 1 amide bonds. The molecule has 1 aliphatic heterocycles. The van der Waals surface area contributed by atoms with Crippen LogP contribution in [0.3, 0.4) is 0 Å². The number of anilines is 2. The number of carbonyl (C=O) groups excluding carboxylic acids is 1. The van der Waals surface area contributed by atoms with Gasteiger partial charge in [0, 0.05) is 37.6 Å². The average molecular weight is 319 g/mol. The standard InChI is InChI=1S/C18H29N3O2/c1-18(2,3)23-17(22)20-12-11-19-15-7-9-16(10-8-15)21-13-5-4-6-14-21/h7-10,19H,4-6,11-14H2,1-3H3,(H,20,22). The number of benzene rings is 1. The second-order valence-corrected chi connectivity index (χ2v) is 6.95. The number of piperidine rings is 1. The van der Waals surface area contributed by atoms with Crippen LogP contribution in [0.4, 0.5) is 16.2 Å². The van der Waals surface area contributed by atoms with Crippen molar-refractivity contribution in [3.05, 3.63) is 24.3 Å². The SMILES string of the molecule is CC(C)(C)OC(=O)NCCNc1ccc(N2CCCCC2)cc1. The van der Waals surface area contributed by atoms with Gasteiger partial charge in [0.1, 0.15) is 5.60 Å². The van der Waals surface area contributed by atoms with Gasteiger partial charge in [-0.15, -0.1) is 0 Å². The molecule has 1 saturated heterocycles. The fourth-order valence-electron chi connectivity index (χ4n) is 2.63. The van der Waals surface area contributed by atoms with Crippen LogP contribution in [0.1, 0.15) is 40.0 Å². The molecule has 0 saturated carbocycles. The Morgan fingerprint density at radius 1 is 1.09 bits per heavy atom.